The monoisotopic (exact) mass is 428 g/mol. The van der Waals surface area contributed by atoms with E-state index in [0.29, 0.717) is 22.3 Å². The molecule has 0 aliphatic carbocycles. The molecule has 1 N–H and O–H groups in total. The second kappa shape index (κ2) is 9.93. The Kier molecular flexibility index (Phi) is 7.08. The van der Waals surface area contributed by atoms with Gasteiger partial charge in [0.25, 0.3) is 0 Å². The van der Waals surface area contributed by atoms with Gasteiger partial charge in [0.2, 0.25) is 11.8 Å². The minimum Gasteiger partial charge on any atom is -0.497 e. The van der Waals surface area contributed by atoms with E-state index in [1.165, 1.54) is 28.8 Å². The molecule has 3 rings (SSSR count). The Labute approximate surface area is 177 Å². The van der Waals surface area contributed by atoms with Crippen LogP contribution >= 0.6 is 11.8 Å². The number of benzene rings is 2. The van der Waals surface area contributed by atoms with Gasteiger partial charge >= 0.3 is 0 Å². The summed E-state index contributed by atoms with van der Waals surface area (Å²) in [5.41, 5.74) is 1.21. The van der Waals surface area contributed by atoms with Crippen molar-refractivity contribution in [3.05, 3.63) is 66.7 Å². The molecule has 2 aromatic carbocycles. The van der Waals surface area contributed by atoms with Gasteiger partial charge in [-0.05, 0) is 30.3 Å². The van der Waals surface area contributed by atoms with E-state index in [9.17, 15) is 14.0 Å². The van der Waals surface area contributed by atoms with Gasteiger partial charge in [-0.3, -0.25) is 14.2 Å². The van der Waals surface area contributed by atoms with E-state index in [-0.39, 0.29) is 29.9 Å². The zero-order valence-corrected chi connectivity index (χ0v) is 17.4. The summed E-state index contributed by atoms with van der Waals surface area (Å²) >= 11 is 1.22. The summed E-state index contributed by atoms with van der Waals surface area (Å²) < 4.78 is 20.3. The first kappa shape index (κ1) is 21.4. The SMILES string of the molecule is COc1cccc(NC(=O)CN(C)C(=O)CSc2nccn2-c2cccc(F)c2)c1. The third kappa shape index (κ3) is 5.60. The number of amides is 2. The van der Waals surface area contributed by atoms with Crippen LogP contribution in [0.1, 0.15) is 0 Å². The minimum absolute atomic E-state index is 0.0884. The van der Waals surface area contributed by atoms with Crippen molar-refractivity contribution in [3.8, 4) is 11.4 Å². The molecule has 1 heterocycles. The number of carbonyl (C=O) groups is 2. The summed E-state index contributed by atoms with van der Waals surface area (Å²) in [5, 5.41) is 3.29. The molecule has 0 saturated heterocycles. The highest BCUT2D eigenvalue weighted by Crippen LogP contribution is 2.21. The number of nitrogens with zero attached hydrogens (tertiary/aromatic N) is 3. The molecule has 1 aromatic heterocycles. The lowest BCUT2D eigenvalue weighted by Gasteiger charge is -2.17. The smallest absolute Gasteiger partial charge is 0.243 e. The Morgan fingerprint density at radius 1 is 1.23 bits per heavy atom. The number of ether oxygens (including phenoxy) is 1. The topological polar surface area (TPSA) is 76.5 Å². The maximum absolute atomic E-state index is 13.5. The number of imidazole rings is 1. The van der Waals surface area contributed by atoms with E-state index in [2.05, 4.69) is 10.3 Å². The molecule has 0 aliphatic heterocycles. The highest BCUT2D eigenvalue weighted by molar-refractivity contribution is 7.99. The molecule has 2 amide bonds. The molecule has 9 heteroatoms. The van der Waals surface area contributed by atoms with Crippen molar-refractivity contribution in [3.63, 3.8) is 0 Å². The van der Waals surface area contributed by atoms with Crippen LogP contribution in [0.3, 0.4) is 0 Å². The normalized spacial score (nSPS) is 10.5. The highest BCUT2D eigenvalue weighted by Gasteiger charge is 2.15. The predicted octanol–water partition coefficient (Wildman–Crippen LogP) is 3.21. The first-order valence-corrected chi connectivity index (χ1v) is 10.0. The summed E-state index contributed by atoms with van der Waals surface area (Å²) in [7, 11) is 3.11. The number of halogens is 1. The van der Waals surface area contributed by atoms with Gasteiger partial charge in [0.15, 0.2) is 5.16 Å². The largest absolute Gasteiger partial charge is 0.497 e. The average molecular weight is 428 g/mol. The van der Waals surface area contributed by atoms with Crippen molar-refractivity contribution < 1.29 is 18.7 Å². The Morgan fingerprint density at radius 2 is 2.03 bits per heavy atom. The van der Waals surface area contributed by atoms with E-state index >= 15 is 0 Å². The van der Waals surface area contributed by atoms with Crippen LogP contribution in [0.15, 0.2) is 66.1 Å². The fourth-order valence-corrected chi connectivity index (χ4v) is 3.57. The van der Waals surface area contributed by atoms with Crippen molar-refractivity contribution in [1.82, 2.24) is 14.5 Å². The molecule has 0 unspecified atom stereocenters. The highest BCUT2D eigenvalue weighted by atomic mass is 32.2. The van der Waals surface area contributed by atoms with E-state index in [1.54, 1.807) is 67.5 Å². The molecule has 7 nitrogen and oxygen atoms in total. The first-order chi connectivity index (χ1) is 14.5. The lowest BCUT2D eigenvalue weighted by Crippen LogP contribution is -2.36. The predicted molar refractivity (Wildman–Crippen MR) is 114 cm³/mol. The number of aromatic nitrogens is 2. The fraction of sp³-hybridized carbons (Fsp3) is 0.190. The molecule has 0 spiro atoms. The quantitative estimate of drug-likeness (QED) is 0.558. The molecule has 3 aromatic rings. The Bertz CT molecular complexity index is 1040. The molecule has 0 saturated carbocycles. The molecule has 0 bridgehead atoms. The first-order valence-electron chi connectivity index (χ1n) is 9.06. The van der Waals surface area contributed by atoms with Crippen molar-refractivity contribution >= 4 is 29.3 Å². The third-order valence-corrected chi connectivity index (χ3v) is 5.13. The third-order valence-electron chi connectivity index (χ3n) is 4.18. The van der Waals surface area contributed by atoms with E-state index in [0.717, 1.165) is 0 Å². The van der Waals surface area contributed by atoms with Crippen LogP contribution in [0.4, 0.5) is 10.1 Å². The van der Waals surface area contributed by atoms with Crippen molar-refractivity contribution in [2.75, 3.05) is 31.8 Å². The van der Waals surface area contributed by atoms with E-state index < -0.39 is 0 Å². The summed E-state index contributed by atoms with van der Waals surface area (Å²) in [6, 6.07) is 13.1. The second-order valence-electron chi connectivity index (χ2n) is 6.38. The van der Waals surface area contributed by atoms with Crippen LogP contribution in [0.5, 0.6) is 5.75 Å². The van der Waals surface area contributed by atoms with E-state index in [4.69, 9.17) is 4.74 Å². The number of hydrogen-bond acceptors (Lipinski definition) is 5. The molecule has 0 atom stereocenters. The van der Waals surface area contributed by atoms with Crippen LogP contribution in [0, 0.1) is 5.82 Å². The number of thioether (sulfide) groups is 1. The zero-order chi connectivity index (χ0) is 21.5. The Morgan fingerprint density at radius 3 is 2.80 bits per heavy atom. The van der Waals surface area contributed by atoms with E-state index in [1.807, 2.05) is 0 Å². The molecule has 156 valence electrons. The lowest BCUT2D eigenvalue weighted by atomic mass is 10.3. The van der Waals surface area contributed by atoms with Gasteiger partial charge in [0.1, 0.15) is 11.6 Å². The number of nitrogens with one attached hydrogen (secondary N) is 1. The number of rotatable bonds is 8. The van der Waals surface area contributed by atoms with Gasteiger partial charge < -0.3 is 15.0 Å². The second-order valence-corrected chi connectivity index (χ2v) is 7.32. The van der Waals surface area contributed by atoms with Crippen LogP contribution < -0.4 is 10.1 Å². The van der Waals surface area contributed by atoms with Crippen LogP contribution in [-0.4, -0.2) is 52.7 Å². The van der Waals surface area contributed by atoms with Crippen LogP contribution in [0.2, 0.25) is 0 Å². The molecular formula is C21H21FN4O3S. The van der Waals surface area contributed by atoms with Gasteiger partial charge in [-0.25, -0.2) is 9.37 Å². The van der Waals surface area contributed by atoms with Gasteiger partial charge in [0.05, 0.1) is 25.1 Å². The summed E-state index contributed by atoms with van der Waals surface area (Å²) in [6.45, 7) is -0.0884. The lowest BCUT2D eigenvalue weighted by molar-refractivity contribution is -0.131. The van der Waals surface area contributed by atoms with Gasteiger partial charge in [-0.2, -0.15) is 0 Å². The summed E-state index contributed by atoms with van der Waals surface area (Å²) in [5.74, 6) is -0.174. The Hall–Kier alpha value is -3.33. The average Bonchev–Trinajstić information content (AvgIpc) is 3.20. The van der Waals surface area contributed by atoms with Crippen molar-refractivity contribution in [2.24, 2.45) is 0 Å². The number of anilines is 1. The zero-order valence-electron chi connectivity index (χ0n) is 16.5. The number of likely N-dealkylation sites (N-methyl/N-ethyl adjacent to an activating group) is 1. The van der Waals surface area contributed by atoms with Gasteiger partial charge in [0, 0.05) is 31.2 Å². The van der Waals surface area contributed by atoms with Crippen LogP contribution in [-0.2, 0) is 9.59 Å². The molecule has 0 radical (unpaired) electrons. The maximum atomic E-state index is 13.5. The van der Waals surface area contributed by atoms with Crippen LogP contribution in [0.25, 0.3) is 5.69 Å². The molecular weight excluding hydrogens is 407 g/mol. The summed E-state index contributed by atoms with van der Waals surface area (Å²) in [6.07, 6.45) is 3.29. The number of methoxy groups -OCH3 is 1. The number of carbonyl (C=O) groups excluding carboxylic acids is 2. The van der Waals surface area contributed by atoms with Crippen molar-refractivity contribution in [2.45, 2.75) is 5.16 Å². The minimum atomic E-state index is -0.352. The number of hydrogen-bond donors (Lipinski definition) is 1. The molecule has 0 fully saturated rings. The van der Waals surface area contributed by atoms with Gasteiger partial charge in [-0.1, -0.05) is 23.9 Å². The maximum Gasteiger partial charge on any atom is 0.243 e. The fourth-order valence-electron chi connectivity index (χ4n) is 2.66. The van der Waals surface area contributed by atoms with Gasteiger partial charge in [-0.15, -0.1) is 0 Å². The standard InChI is InChI=1S/C21H21FN4O3S/c1-25(13-19(27)24-16-6-4-8-18(12-16)29-2)20(28)14-30-21-23-9-10-26(21)17-7-3-5-15(22)11-17/h3-12H,13-14H2,1-2H3,(H,24,27). The van der Waals surface area contributed by atoms with Crippen molar-refractivity contribution in [1.29, 1.82) is 0 Å². The molecule has 0 aliphatic rings. The summed E-state index contributed by atoms with van der Waals surface area (Å²) in [4.78, 5) is 30.2. The Balaban J connectivity index is 1.54. The molecule has 30 heavy (non-hydrogen) atoms.